The molecule has 216 valence electrons. The maximum Gasteiger partial charge on any atom is 0.434 e. The van der Waals surface area contributed by atoms with E-state index in [4.69, 9.17) is 0 Å². The lowest BCUT2D eigenvalue weighted by molar-refractivity contribution is -0.302. The summed E-state index contributed by atoms with van der Waals surface area (Å²) in [7, 11) is 0. The molecule has 1 aromatic heterocycles. The van der Waals surface area contributed by atoms with Gasteiger partial charge in [0.2, 0.25) is 5.95 Å². The average molecular weight is 568 g/mol. The summed E-state index contributed by atoms with van der Waals surface area (Å²) in [6, 6.07) is -3.64. The fraction of sp³-hybridized carbons (Fsp3) is 0.842. The van der Waals surface area contributed by atoms with Crippen LogP contribution in [0.3, 0.4) is 0 Å². The summed E-state index contributed by atoms with van der Waals surface area (Å²) in [5.74, 6) is -0.807. The molecule has 1 aromatic rings. The molecule has 6 nitrogen and oxygen atoms in total. The number of nitrogens with zero attached hydrogens (tertiary/aromatic N) is 4. The van der Waals surface area contributed by atoms with Crippen LogP contribution in [-0.2, 0) is 0 Å². The van der Waals surface area contributed by atoms with E-state index in [9.17, 15) is 52.7 Å². The minimum absolute atomic E-state index is 0.0321. The molecule has 1 heterocycles. The molecule has 0 saturated heterocycles. The van der Waals surface area contributed by atoms with Gasteiger partial charge in [0.25, 0.3) is 12.2 Å². The zero-order valence-corrected chi connectivity index (χ0v) is 19.5. The van der Waals surface area contributed by atoms with Crippen molar-refractivity contribution in [2.24, 2.45) is 0 Å². The van der Waals surface area contributed by atoms with Gasteiger partial charge < -0.3 is 14.4 Å². The Balaban J connectivity index is 3.59. The smallest absolute Gasteiger partial charge is 0.434 e. The molecule has 0 fully saturated rings. The number of aromatic nitrogens is 3. The summed E-state index contributed by atoms with van der Waals surface area (Å²) in [6.45, 7) is 3.69. The minimum Gasteiger partial charge on any atom is -0.440 e. The molecule has 0 unspecified atom stereocenters. The Morgan fingerprint density at radius 1 is 0.568 bits per heavy atom. The Kier molecular flexibility index (Phi) is 11.4. The van der Waals surface area contributed by atoms with E-state index >= 15 is 0 Å². The molecule has 0 aliphatic heterocycles. The van der Waals surface area contributed by atoms with Gasteiger partial charge >= 0.3 is 36.7 Å². The summed E-state index contributed by atoms with van der Waals surface area (Å²) in [6.07, 6.45) is -30.0. The first-order chi connectivity index (χ1) is 16.8. The number of ether oxygens (including phenoxy) is 2. The van der Waals surface area contributed by atoms with Gasteiger partial charge in [-0.1, -0.05) is 39.5 Å². The maximum absolute atomic E-state index is 12.9. The lowest BCUT2D eigenvalue weighted by Gasteiger charge is -2.26. The summed E-state index contributed by atoms with van der Waals surface area (Å²) >= 11 is 0. The van der Waals surface area contributed by atoms with E-state index in [1.807, 2.05) is 13.8 Å². The molecule has 0 spiro atoms. The van der Waals surface area contributed by atoms with Crippen molar-refractivity contribution >= 4 is 5.95 Å². The third-order valence-corrected chi connectivity index (χ3v) is 4.56. The molecule has 0 aliphatic rings. The van der Waals surface area contributed by atoms with Gasteiger partial charge in [0.1, 0.15) is 0 Å². The molecule has 18 heteroatoms. The quantitative estimate of drug-likeness (QED) is 0.193. The number of unbranched alkanes of at least 4 members (excludes halogenated alkanes) is 4. The highest BCUT2D eigenvalue weighted by Gasteiger charge is 2.61. The van der Waals surface area contributed by atoms with Crippen molar-refractivity contribution in [1.29, 1.82) is 0 Å². The van der Waals surface area contributed by atoms with E-state index in [-0.39, 0.29) is 13.1 Å². The van der Waals surface area contributed by atoms with Crippen molar-refractivity contribution in [2.75, 3.05) is 18.0 Å². The standard InChI is InChI=1S/C19H24F12N4O2/c1-3-5-7-9-35(10-8-6-4-2)13-32-14(36-11(16(20,21)22)17(23,24)25)34-15(33-13)37-12(18(26,27)28)19(29,30)31/h11-12H,3-10H2,1-2H3. The van der Waals surface area contributed by atoms with Crippen LogP contribution in [0.4, 0.5) is 58.6 Å². The molecule has 0 atom stereocenters. The van der Waals surface area contributed by atoms with Crippen LogP contribution in [0.15, 0.2) is 0 Å². The van der Waals surface area contributed by atoms with E-state index in [2.05, 4.69) is 24.4 Å². The van der Waals surface area contributed by atoms with Gasteiger partial charge in [-0.25, -0.2) is 0 Å². The first-order valence-corrected chi connectivity index (χ1v) is 10.9. The number of halogens is 12. The monoisotopic (exact) mass is 568 g/mol. The Morgan fingerprint density at radius 3 is 1.16 bits per heavy atom. The summed E-state index contributed by atoms with van der Waals surface area (Å²) < 4.78 is 163. The van der Waals surface area contributed by atoms with Crippen molar-refractivity contribution in [1.82, 2.24) is 15.0 Å². The van der Waals surface area contributed by atoms with Gasteiger partial charge in [0.05, 0.1) is 0 Å². The van der Waals surface area contributed by atoms with Crippen LogP contribution in [0, 0.1) is 0 Å². The van der Waals surface area contributed by atoms with Crippen LogP contribution < -0.4 is 14.4 Å². The predicted octanol–water partition coefficient (Wildman–Crippen LogP) is 6.80. The zero-order chi connectivity index (χ0) is 28.7. The van der Waals surface area contributed by atoms with Crippen molar-refractivity contribution in [2.45, 2.75) is 89.3 Å². The van der Waals surface area contributed by atoms with E-state index < -0.39 is 54.9 Å². The van der Waals surface area contributed by atoms with Crippen LogP contribution in [0.25, 0.3) is 0 Å². The van der Waals surface area contributed by atoms with Gasteiger partial charge in [-0.05, 0) is 12.8 Å². The van der Waals surface area contributed by atoms with Crippen molar-refractivity contribution in [3.05, 3.63) is 0 Å². The van der Waals surface area contributed by atoms with Gasteiger partial charge in [-0.3, -0.25) is 0 Å². The highest BCUT2D eigenvalue weighted by atomic mass is 19.4. The fourth-order valence-electron chi connectivity index (χ4n) is 2.84. The van der Waals surface area contributed by atoms with E-state index in [1.54, 1.807) is 0 Å². The summed E-state index contributed by atoms with van der Waals surface area (Å²) in [5.41, 5.74) is 0. The molecule has 0 aliphatic carbocycles. The van der Waals surface area contributed by atoms with Crippen molar-refractivity contribution < 1.29 is 62.2 Å². The molecule has 0 amide bonds. The molecular formula is C19H24F12N4O2. The Morgan fingerprint density at radius 2 is 0.892 bits per heavy atom. The van der Waals surface area contributed by atoms with Gasteiger partial charge in [0, 0.05) is 13.1 Å². The third-order valence-electron chi connectivity index (χ3n) is 4.56. The lowest BCUT2D eigenvalue weighted by atomic mass is 10.2. The van der Waals surface area contributed by atoms with Gasteiger partial charge in [0.15, 0.2) is 0 Å². The largest absolute Gasteiger partial charge is 0.440 e. The SMILES string of the molecule is CCCCCN(CCCCC)c1nc(OC(C(F)(F)F)C(F)(F)F)nc(OC(C(F)(F)F)C(F)(F)F)n1. The number of rotatable bonds is 13. The number of hydrogen-bond donors (Lipinski definition) is 0. The molecule has 1 rings (SSSR count). The zero-order valence-electron chi connectivity index (χ0n) is 19.5. The number of hydrogen-bond acceptors (Lipinski definition) is 6. The highest BCUT2D eigenvalue weighted by molar-refractivity contribution is 5.32. The molecule has 0 saturated carbocycles. The van der Waals surface area contributed by atoms with E-state index in [1.165, 1.54) is 4.90 Å². The molecule has 0 bridgehead atoms. The fourth-order valence-corrected chi connectivity index (χ4v) is 2.84. The van der Waals surface area contributed by atoms with Crippen LogP contribution in [-0.4, -0.2) is 65.0 Å². The van der Waals surface area contributed by atoms with Crippen LogP contribution in [0.1, 0.15) is 52.4 Å². The van der Waals surface area contributed by atoms with Crippen molar-refractivity contribution in [3.8, 4) is 12.0 Å². The van der Waals surface area contributed by atoms with Crippen LogP contribution in [0.2, 0.25) is 0 Å². The average Bonchev–Trinajstić information content (AvgIpc) is 2.71. The van der Waals surface area contributed by atoms with E-state index in [0.717, 1.165) is 0 Å². The van der Waals surface area contributed by atoms with E-state index in [0.29, 0.717) is 38.5 Å². The topological polar surface area (TPSA) is 60.4 Å². The summed E-state index contributed by atoms with van der Waals surface area (Å²) in [4.78, 5) is 10.6. The second kappa shape index (κ2) is 12.9. The number of alkyl halides is 12. The summed E-state index contributed by atoms with van der Waals surface area (Å²) in [5, 5.41) is 0. The molecular weight excluding hydrogens is 544 g/mol. The molecule has 0 radical (unpaired) electrons. The third kappa shape index (κ3) is 10.8. The Labute approximate surface area is 203 Å². The van der Waals surface area contributed by atoms with Gasteiger partial charge in [-0.15, -0.1) is 4.98 Å². The Bertz CT molecular complexity index is 737. The normalized spacial score (nSPS) is 13.4. The molecule has 0 N–H and O–H groups in total. The van der Waals surface area contributed by atoms with Crippen molar-refractivity contribution in [3.63, 3.8) is 0 Å². The lowest BCUT2D eigenvalue weighted by Crippen LogP contribution is -2.47. The minimum atomic E-state index is -6.07. The van der Waals surface area contributed by atoms with Gasteiger partial charge in [-0.2, -0.15) is 62.7 Å². The highest BCUT2D eigenvalue weighted by Crippen LogP contribution is 2.38. The van der Waals surface area contributed by atoms with Crippen LogP contribution >= 0.6 is 0 Å². The number of anilines is 1. The second-order valence-electron chi connectivity index (χ2n) is 7.76. The maximum atomic E-state index is 12.9. The Hall–Kier alpha value is -2.43. The molecule has 37 heavy (non-hydrogen) atoms. The first kappa shape index (κ1) is 32.6. The second-order valence-corrected chi connectivity index (χ2v) is 7.76. The molecule has 0 aromatic carbocycles. The van der Waals surface area contributed by atoms with Crippen LogP contribution in [0.5, 0.6) is 12.0 Å². The first-order valence-electron chi connectivity index (χ1n) is 10.9. The predicted molar refractivity (Wildman–Crippen MR) is 104 cm³/mol.